The van der Waals surface area contributed by atoms with E-state index < -0.39 is 11.4 Å². The fourth-order valence-corrected chi connectivity index (χ4v) is 4.45. The number of hydrogen-bond acceptors (Lipinski definition) is 4. The fourth-order valence-electron chi connectivity index (χ4n) is 4.45. The normalized spacial score (nSPS) is 25.0. The van der Waals surface area contributed by atoms with Crippen molar-refractivity contribution in [3.8, 4) is 11.3 Å². The van der Waals surface area contributed by atoms with Gasteiger partial charge in [-0.25, -0.2) is 0 Å². The van der Waals surface area contributed by atoms with Crippen molar-refractivity contribution in [3.63, 3.8) is 0 Å². The Morgan fingerprint density at radius 2 is 1.89 bits per heavy atom. The first kappa shape index (κ1) is 17.8. The zero-order valence-electron chi connectivity index (χ0n) is 15.6. The van der Waals surface area contributed by atoms with E-state index in [9.17, 15) is 14.7 Å². The molecule has 2 aromatic rings. The maximum absolute atomic E-state index is 12.0. The minimum absolute atomic E-state index is 0.00994. The van der Waals surface area contributed by atoms with Gasteiger partial charge in [0, 0.05) is 51.1 Å². The number of nitrogens with zero attached hydrogens (tertiary/aromatic N) is 2. The highest BCUT2D eigenvalue weighted by molar-refractivity contribution is 5.80. The molecule has 2 saturated heterocycles. The number of carbonyl (C=O) groups excluding carboxylic acids is 1. The molecule has 0 unspecified atom stereocenters. The Balaban J connectivity index is 1.45. The minimum atomic E-state index is -0.836. The highest BCUT2D eigenvalue weighted by Gasteiger charge is 2.57. The zero-order chi connectivity index (χ0) is 19.2. The summed E-state index contributed by atoms with van der Waals surface area (Å²) >= 11 is 0. The maximum atomic E-state index is 12.0. The van der Waals surface area contributed by atoms with Gasteiger partial charge in [0.1, 0.15) is 16.9 Å². The lowest BCUT2D eigenvalue weighted by molar-refractivity contribution is -0.149. The first-order valence-corrected chi connectivity index (χ1v) is 9.24. The summed E-state index contributed by atoms with van der Waals surface area (Å²) in [5.41, 5.74) is 1.34. The molecule has 1 N–H and O–H groups in total. The number of carbonyl (C=O) groups is 2. The number of amides is 1. The highest BCUT2D eigenvalue weighted by atomic mass is 16.4. The third-order valence-electron chi connectivity index (χ3n) is 5.94. The molecule has 1 aromatic heterocycles. The van der Waals surface area contributed by atoms with Crippen molar-refractivity contribution >= 4 is 11.9 Å². The molecule has 1 aromatic carbocycles. The van der Waals surface area contributed by atoms with Crippen LogP contribution in [0.25, 0.3) is 11.3 Å². The predicted molar refractivity (Wildman–Crippen MR) is 100.0 cm³/mol. The van der Waals surface area contributed by atoms with Crippen LogP contribution in [0.3, 0.4) is 0 Å². The van der Waals surface area contributed by atoms with E-state index in [-0.39, 0.29) is 11.8 Å². The Hall–Kier alpha value is -2.60. The number of aryl methyl sites for hydroxylation is 1. The number of carboxylic acids is 1. The van der Waals surface area contributed by atoms with Crippen LogP contribution < -0.4 is 0 Å². The predicted octanol–water partition coefficient (Wildman–Crippen LogP) is 2.62. The third-order valence-corrected chi connectivity index (χ3v) is 5.94. The average Bonchev–Trinajstić information content (AvgIpc) is 3.28. The van der Waals surface area contributed by atoms with Gasteiger partial charge >= 0.3 is 5.97 Å². The number of hydrogen-bond donors (Lipinski definition) is 1. The summed E-state index contributed by atoms with van der Waals surface area (Å²) in [6.45, 7) is 6.18. The zero-order valence-corrected chi connectivity index (χ0v) is 15.6. The van der Waals surface area contributed by atoms with Crippen LogP contribution in [-0.2, 0) is 16.1 Å². The van der Waals surface area contributed by atoms with Gasteiger partial charge in [0.25, 0.3) is 0 Å². The molecule has 2 aliphatic heterocycles. The Morgan fingerprint density at radius 1 is 1.15 bits per heavy atom. The van der Waals surface area contributed by atoms with Crippen LogP contribution >= 0.6 is 0 Å². The van der Waals surface area contributed by atoms with E-state index in [4.69, 9.17) is 4.42 Å². The van der Waals surface area contributed by atoms with Crippen molar-refractivity contribution in [2.45, 2.75) is 20.4 Å². The van der Waals surface area contributed by atoms with Crippen LogP contribution in [-0.4, -0.2) is 53.0 Å². The minimum Gasteiger partial charge on any atom is -0.481 e. The second kappa shape index (κ2) is 6.53. The van der Waals surface area contributed by atoms with E-state index in [2.05, 4.69) is 17.0 Å². The lowest BCUT2D eigenvalue weighted by Crippen LogP contribution is -2.41. The molecule has 0 bridgehead atoms. The van der Waals surface area contributed by atoms with Crippen LogP contribution in [0.1, 0.15) is 18.2 Å². The Bertz CT molecular complexity index is 873. The summed E-state index contributed by atoms with van der Waals surface area (Å²) in [4.78, 5) is 27.5. The monoisotopic (exact) mass is 368 g/mol. The molecule has 3 heterocycles. The second-order valence-corrected chi connectivity index (χ2v) is 7.83. The summed E-state index contributed by atoms with van der Waals surface area (Å²) in [6, 6.07) is 12.1. The van der Waals surface area contributed by atoms with Crippen molar-refractivity contribution < 1.29 is 19.1 Å². The van der Waals surface area contributed by atoms with Crippen molar-refractivity contribution in [2.75, 3.05) is 26.2 Å². The van der Waals surface area contributed by atoms with E-state index in [0.29, 0.717) is 32.7 Å². The third kappa shape index (κ3) is 3.14. The number of furan rings is 1. The van der Waals surface area contributed by atoms with Gasteiger partial charge < -0.3 is 14.4 Å². The highest BCUT2D eigenvalue weighted by Crippen LogP contribution is 2.43. The number of rotatable bonds is 4. The fraction of sp³-hybridized carbons (Fsp3) is 0.429. The molecule has 2 atom stereocenters. The molecule has 0 aliphatic carbocycles. The summed E-state index contributed by atoms with van der Waals surface area (Å²) < 4.78 is 5.65. The first-order valence-electron chi connectivity index (χ1n) is 9.24. The van der Waals surface area contributed by atoms with E-state index in [1.807, 2.05) is 31.2 Å². The van der Waals surface area contributed by atoms with Crippen LogP contribution in [0.5, 0.6) is 0 Å². The molecule has 0 saturated carbocycles. The molecule has 0 radical (unpaired) electrons. The van der Waals surface area contributed by atoms with Crippen molar-refractivity contribution in [1.82, 2.24) is 9.80 Å². The van der Waals surface area contributed by atoms with Gasteiger partial charge in [-0.2, -0.15) is 0 Å². The van der Waals surface area contributed by atoms with Gasteiger partial charge in [0.15, 0.2) is 0 Å². The summed E-state index contributed by atoms with van der Waals surface area (Å²) in [5, 5.41) is 9.85. The molecule has 1 amide bonds. The molecule has 4 rings (SSSR count). The van der Waals surface area contributed by atoms with Crippen molar-refractivity contribution in [1.29, 1.82) is 0 Å². The SMILES string of the molecule is CC(=O)N1C[C@H]2CN(Cc3ccc(-c4ccc(C)o4)cc3)C[C@@]2(C(=O)O)C1. The number of benzene rings is 1. The smallest absolute Gasteiger partial charge is 0.313 e. The van der Waals surface area contributed by atoms with Gasteiger partial charge in [-0.05, 0) is 24.6 Å². The first-order chi connectivity index (χ1) is 12.9. The Morgan fingerprint density at radius 3 is 2.44 bits per heavy atom. The number of likely N-dealkylation sites (tertiary alicyclic amines) is 2. The lowest BCUT2D eigenvalue weighted by atomic mass is 9.81. The van der Waals surface area contributed by atoms with Crippen molar-refractivity contribution in [2.24, 2.45) is 11.3 Å². The van der Waals surface area contributed by atoms with E-state index in [0.717, 1.165) is 22.6 Å². The summed E-state index contributed by atoms with van der Waals surface area (Å²) in [5.74, 6) is 0.895. The maximum Gasteiger partial charge on any atom is 0.313 e. The van der Waals surface area contributed by atoms with E-state index in [1.165, 1.54) is 6.92 Å². The topological polar surface area (TPSA) is 74.0 Å². The Kier molecular flexibility index (Phi) is 4.30. The molecule has 142 valence electrons. The van der Waals surface area contributed by atoms with Gasteiger partial charge in [-0.15, -0.1) is 0 Å². The molecule has 6 nitrogen and oxygen atoms in total. The van der Waals surface area contributed by atoms with E-state index in [1.54, 1.807) is 4.90 Å². The number of fused-ring (bicyclic) bond motifs is 1. The van der Waals surface area contributed by atoms with Gasteiger partial charge in [0.2, 0.25) is 5.91 Å². The Labute approximate surface area is 158 Å². The quantitative estimate of drug-likeness (QED) is 0.898. The van der Waals surface area contributed by atoms with Crippen LogP contribution in [0.4, 0.5) is 0 Å². The van der Waals surface area contributed by atoms with Gasteiger partial charge in [-0.3, -0.25) is 14.5 Å². The lowest BCUT2D eigenvalue weighted by Gasteiger charge is -2.25. The standard InChI is InChI=1S/C21H24N2O4/c1-14-3-8-19(27-14)17-6-4-16(5-7-17)9-22-10-18-11-23(15(2)24)13-21(18,12-22)20(25)26/h3-8,18H,9-13H2,1-2H3,(H,25,26)/t18-,21-/m1/s1. The van der Waals surface area contributed by atoms with Crippen LogP contribution in [0, 0.1) is 18.3 Å². The largest absolute Gasteiger partial charge is 0.481 e. The molecular weight excluding hydrogens is 344 g/mol. The molecule has 6 heteroatoms. The number of carboxylic acid groups (broad SMARTS) is 1. The molecule has 2 fully saturated rings. The molecule has 27 heavy (non-hydrogen) atoms. The van der Waals surface area contributed by atoms with E-state index >= 15 is 0 Å². The molecule has 2 aliphatic rings. The molecule has 0 spiro atoms. The van der Waals surface area contributed by atoms with Gasteiger partial charge in [-0.1, -0.05) is 24.3 Å². The second-order valence-electron chi connectivity index (χ2n) is 7.83. The summed E-state index contributed by atoms with van der Waals surface area (Å²) in [6.07, 6.45) is 0. The van der Waals surface area contributed by atoms with Crippen LogP contribution in [0.2, 0.25) is 0 Å². The molecular formula is C21H24N2O4. The van der Waals surface area contributed by atoms with Crippen molar-refractivity contribution in [3.05, 3.63) is 47.7 Å². The average molecular weight is 368 g/mol. The summed E-state index contributed by atoms with van der Waals surface area (Å²) in [7, 11) is 0. The number of aliphatic carboxylic acids is 1. The van der Waals surface area contributed by atoms with Crippen LogP contribution in [0.15, 0.2) is 40.8 Å². The van der Waals surface area contributed by atoms with Gasteiger partial charge in [0.05, 0.1) is 0 Å².